The lowest BCUT2D eigenvalue weighted by Crippen LogP contribution is -2.42. The number of halogens is 4. The van der Waals surface area contributed by atoms with E-state index in [0.29, 0.717) is 41.3 Å². The van der Waals surface area contributed by atoms with Crippen molar-refractivity contribution in [3.8, 4) is 28.5 Å². The molecule has 2 heterocycles. The first kappa shape index (κ1) is 35.1. The van der Waals surface area contributed by atoms with Crippen molar-refractivity contribution in [3.63, 3.8) is 0 Å². The lowest BCUT2D eigenvalue weighted by molar-refractivity contribution is -0.137. The highest BCUT2D eigenvalue weighted by molar-refractivity contribution is 5.95. The first-order valence-corrected chi connectivity index (χ1v) is 15.7. The van der Waals surface area contributed by atoms with Gasteiger partial charge in [0.2, 0.25) is 11.8 Å². The van der Waals surface area contributed by atoms with E-state index in [9.17, 15) is 22.8 Å². The van der Waals surface area contributed by atoms with Crippen LogP contribution in [-0.4, -0.2) is 61.6 Å². The molecule has 1 fully saturated rings. The fourth-order valence-electron chi connectivity index (χ4n) is 5.44. The Hall–Kier alpha value is -5.17. The highest BCUT2D eigenvalue weighted by Crippen LogP contribution is 2.38. The van der Waals surface area contributed by atoms with Crippen LogP contribution < -0.4 is 25.3 Å². The van der Waals surface area contributed by atoms with E-state index in [0.717, 1.165) is 37.2 Å². The molecule has 0 spiro atoms. The van der Waals surface area contributed by atoms with Gasteiger partial charge in [0.1, 0.15) is 23.9 Å². The van der Waals surface area contributed by atoms with Crippen molar-refractivity contribution in [2.75, 3.05) is 39.9 Å². The zero-order chi connectivity index (χ0) is 35.1. The number of methoxy groups -OCH3 is 1. The number of pyridine rings is 1. The maximum atomic E-state index is 15.9. The number of amides is 2. The number of carbonyl (C=O) groups is 2. The number of benzene rings is 3. The fraction of sp³-hybridized carbons (Fsp3) is 0.306. The largest absolute Gasteiger partial charge is 0.497 e. The summed E-state index contributed by atoms with van der Waals surface area (Å²) >= 11 is 0. The highest BCUT2D eigenvalue weighted by Gasteiger charge is 2.34. The Bertz CT molecular complexity index is 1800. The molecule has 258 valence electrons. The molecule has 3 N–H and O–H groups in total. The Morgan fingerprint density at radius 1 is 1.02 bits per heavy atom. The lowest BCUT2D eigenvalue weighted by atomic mass is 9.87. The molecule has 0 radical (unpaired) electrons. The van der Waals surface area contributed by atoms with Crippen LogP contribution in [0.4, 0.5) is 17.6 Å². The summed E-state index contributed by atoms with van der Waals surface area (Å²) in [5.41, 5.74) is 5.27. The van der Waals surface area contributed by atoms with Gasteiger partial charge in [-0.2, -0.15) is 13.2 Å². The zero-order valence-electron chi connectivity index (χ0n) is 27.0. The monoisotopic (exact) mass is 680 g/mol. The summed E-state index contributed by atoms with van der Waals surface area (Å²) in [6.45, 7) is 4.85. The maximum absolute atomic E-state index is 15.9. The van der Waals surface area contributed by atoms with Gasteiger partial charge < -0.3 is 30.2 Å². The summed E-state index contributed by atoms with van der Waals surface area (Å²) in [5, 5.41) is 2.62. The molecule has 49 heavy (non-hydrogen) atoms. The molecule has 1 unspecified atom stereocenters. The number of carbonyl (C=O) groups excluding carboxylic acids is 2. The molecule has 13 heteroatoms. The van der Waals surface area contributed by atoms with Crippen LogP contribution in [0.1, 0.15) is 51.9 Å². The number of primary amides is 1. The standard InChI is InChI=1S/C36H36F4N4O5/c1-3-48-31-19-32(49-21-22-5-8-27(47-2)9-6-22)43-20-29(31)23-7-10-28(30(37)18-23)33(34(41)45)24-15-25(17-26(16-24)36(38,39)40)35(46)42-11-14-44-12-4-13-44/h5-10,15-20,33H,3-4,11-14,21H2,1-2H3,(H2,41,45)(H,42,46). The van der Waals surface area contributed by atoms with Gasteiger partial charge in [0.15, 0.2) is 0 Å². The van der Waals surface area contributed by atoms with Crippen LogP contribution in [0.25, 0.3) is 11.1 Å². The van der Waals surface area contributed by atoms with Gasteiger partial charge in [-0.3, -0.25) is 9.59 Å². The van der Waals surface area contributed by atoms with Crippen LogP contribution in [0.15, 0.2) is 72.9 Å². The zero-order valence-corrected chi connectivity index (χ0v) is 27.0. The molecule has 0 bridgehead atoms. The number of aromatic nitrogens is 1. The predicted octanol–water partition coefficient (Wildman–Crippen LogP) is 5.95. The number of nitrogens with one attached hydrogen (secondary N) is 1. The van der Waals surface area contributed by atoms with Crippen LogP contribution in [0.2, 0.25) is 0 Å². The third-order valence-electron chi connectivity index (χ3n) is 8.13. The van der Waals surface area contributed by atoms with E-state index in [2.05, 4.69) is 15.2 Å². The summed E-state index contributed by atoms with van der Waals surface area (Å²) in [6, 6.07) is 15.3. The van der Waals surface area contributed by atoms with Crippen LogP contribution in [-0.2, 0) is 17.6 Å². The minimum absolute atomic E-state index is 0.219. The fourth-order valence-corrected chi connectivity index (χ4v) is 5.44. The number of hydrogen-bond donors (Lipinski definition) is 2. The second kappa shape index (κ2) is 15.4. The quantitative estimate of drug-likeness (QED) is 0.158. The second-order valence-electron chi connectivity index (χ2n) is 11.5. The van der Waals surface area contributed by atoms with E-state index in [1.807, 2.05) is 12.1 Å². The number of ether oxygens (including phenoxy) is 3. The van der Waals surface area contributed by atoms with Crippen LogP contribution in [0.3, 0.4) is 0 Å². The number of rotatable bonds is 14. The van der Waals surface area contributed by atoms with Crippen molar-refractivity contribution in [1.29, 1.82) is 0 Å². The highest BCUT2D eigenvalue weighted by atomic mass is 19.4. The summed E-state index contributed by atoms with van der Waals surface area (Å²) in [6.07, 6.45) is -2.34. The molecular formula is C36H36F4N4O5. The Balaban J connectivity index is 1.41. The minimum Gasteiger partial charge on any atom is -0.497 e. The topological polar surface area (TPSA) is 116 Å². The summed E-state index contributed by atoms with van der Waals surface area (Å²) in [4.78, 5) is 32.0. The molecule has 9 nitrogen and oxygen atoms in total. The molecule has 2 amide bonds. The molecule has 1 saturated heterocycles. The molecule has 0 aliphatic carbocycles. The van der Waals surface area contributed by atoms with Crippen molar-refractivity contribution in [1.82, 2.24) is 15.2 Å². The average molecular weight is 681 g/mol. The number of nitrogens with zero attached hydrogens (tertiary/aromatic N) is 2. The van der Waals surface area contributed by atoms with Gasteiger partial charge in [0.05, 0.1) is 25.2 Å². The van der Waals surface area contributed by atoms with Gasteiger partial charge >= 0.3 is 6.18 Å². The van der Waals surface area contributed by atoms with Crippen LogP contribution >= 0.6 is 0 Å². The Labute approximate surface area is 281 Å². The Morgan fingerprint density at radius 3 is 2.39 bits per heavy atom. The van der Waals surface area contributed by atoms with Crippen molar-refractivity contribution in [2.24, 2.45) is 5.73 Å². The molecular weight excluding hydrogens is 644 g/mol. The van der Waals surface area contributed by atoms with Gasteiger partial charge in [-0.15, -0.1) is 0 Å². The van der Waals surface area contributed by atoms with E-state index in [1.165, 1.54) is 18.3 Å². The van der Waals surface area contributed by atoms with Gasteiger partial charge in [-0.05, 0) is 79.5 Å². The molecule has 1 atom stereocenters. The van der Waals surface area contributed by atoms with Crippen molar-refractivity contribution < 1.29 is 41.4 Å². The van der Waals surface area contributed by atoms with Gasteiger partial charge in [-0.25, -0.2) is 9.37 Å². The molecule has 3 aromatic carbocycles. The minimum atomic E-state index is -4.85. The summed E-state index contributed by atoms with van der Waals surface area (Å²) < 4.78 is 74.5. The average Bonchev–Trinajstić information content (AvgIpc) is 3.05. The maximum Gasteiger partial charge on any atom is 0.416 e. The van der Waals surface area contributed by atoms with Gasteiger partial charge in [-0.1, -0.05) is 24.3 Å². The smallest absolute Gasteiger partial charge is 0.416 e. The SMILES string of the molecule is CCOc1cc(OCc2ccc(OC)cc2)ncc1-c1ccc(C(C(N)=O)c2cc(C(=O)NCCN3CCC3)cc(C(F)(F)F)c2)c(F)c1. The van der Waals surface area contributed by atoms with E-state index >= 15 is 4.39 Å². The van der Waals surface area contributed by atoms with E-state index in [4.69, 9.17) is 19.9 Å². The molecule has 0 saturated carbocycles. The molecule has 5 rings (SSSR count). The number of likely N-dealkylation sites (tertiary alicyclic amines) is 1. The first-order valence-electron chi connectivity index (χ1n) is 15.7. The van der Waals surface area contributed by atoms with Crippen LogP contribution in [0.5, 0.6) is 17.4 Å². The van der Waals surface area contributed by atoms with E-state index < -0.39 is 35.3 Å². The lowest BCUT2D eigenvalue weighted by Gasteiger charge is -2.30. The number of hydrogen-bond acceptors (Lipinski definition) is 7. The van der Waals surface area contributed by atoms with Gasteiger partial charge in [0.25, 0.3) is 5.91 Å². The van der Waals surface area contributed by atoms with Crippen LogP contribution in [0, 0.1) is 5.82 Å². The third-order valence-corrected chi connectivity index (χ3v) is 8.13. The summed E-state index contributed by atoms with van der Waals surface area (Å²) in [7, 11) is 1.58. The van der Waals surface area contributed by atoms with Crippen molar-refractivity contribution in [2.45, 2.75) is 32.0 Å². The van der Waals surface area contributed by atoms with Gasteiger partial charge in [0, 0.05) is 42.0 Å². The Kier molecular flexibility index (Phi) is 11.0. The second-order valence-corrected chi connectivity index (χ2v) is 11.5. The molecule has 1 aliphatic rings. The predicted molar refractivity (Wildman–Crippen MR) is 174 cm³/mol. The molecule has 1 aliphatic heterocycles. The summed E-state index contributed by atoms with van der Waals surface area (Å²) in [5.74, 6) is -3.05. The van der Waals surface area contributed by atoms with E-state index in [-0.39, 0.29) is 42.3 Å². The molecule has 4 aromatic rings. The normalized spacial score (nSPS) is 13.7. The first-order chi connectivity index (χ1) is 23.5. The Morgan fingerprint density at radius 2 is 1.78 bits per heavy atom. The third kappa shape index (κ3) is 8.65. The number of nitrogens with two attached hydrogens (primary N) is 1. The number of alkyl halides is 3. The van der Waals surface area contributed by atoms with E-state index in [1.54, 1.807) is 32.2 Å². The molecule has 1 aromatic heterocycles. The van der Waals surface area contributed by atoms with Crippen molar-refractivity contribution in [3.05, 3.63) is 107 Å². The van der Waals surface area contributed by atoms with Crippen molar-refractivity contribution >= 4 is 11.8 Å².